The largest absolute Gasteiger partial charge is 0.493 e. The first-order chi connectivity index (χ1) is 16.0. The lowest BCUT2D eigenvalue weighted by Gasteiger charge is -2.44. The van der Waals surface area contributed by atoms with Crippen molar-refractivity contribution in [1.82, 2.24) is 0 Å². The first-order valence-electron chi connectivity index (χ1n) is 10.2. The predicted octanol–water partition coefficient (Wildman–Crippen LogP) is 0.970. The molecule has 0 radical (unpaired) electrons. The Kier molecular flexibility index (Phi) is 9.36. The van der Waals surface area contributed by atoms with E-state index in [1.54, 1.807) is 0 Å². The van der Waals surface area contributed by atoms with E-state index in [0.29, 0.717) is 11.8 Å². The molecule has 0 aromatic heterocycles. The van der Waals surface area contributed by atoms with Crippen molar-refractivity contribution < 1.29 is 57.1 Å². The standard InChI is InChI=1S/C22H26O12/c1-11(24)29-10-18-19(30-12(2)25)20(31-13(3)26)21(32-14(4)27)22(34-18)33-16-7-6-15(9-23)8-17(16)28-5/h6-9,18-22H,10H2,1-5H3/t18-,19-,20+,21+,22+/m1/s1. The molecule has 34 heavy (non-hydrogen) atoms. The van der Waals surface area contributed by atoms with Gasteiger partial charge < -0.3 is 33.2 Å². The summed E-state index contributed by atoms with van der Waals surface area (Å²) in [5, 5.41) is 0. The summed E-state index contributed by atoms with van der Waals surface area (Å²) in [6, 6.07) is 4.29. The second-order valence-electron chi connectivity index (χ2n) is 7.21. The first kappa shape index (κ1) is 26.6. The van der Waals surface area contributed by atoms with E-state index in [9.17, 15) is 24.0 Å². The van der Waals surface area contributed by atoms with Crippen LogP contribution in [0.5, 0.6) is 11.5 Å². The van der Waals surface area contributed by atoms with Gasteiger partial charge in [-0.05, 0) is 18.2 Å². The van der Waals surface area contributed by atoms with Crippen molar-refractivity contribution in [3.63, 3.8) is 0 Å². The lowest BCUT2D eigenvalue weighted by Crippen LogP contribution is -2.63. The van der Waals surface area contributed by atoms with Crippen LogP contribution in [-0.4, -0.2) is 74.6 Å². The van der Waals surface area contributed by atoms with Crippen LogP contribution in [0.1, 0.15) is 38.1 Å². The van der Waals surface area contributed by atoms with Gasteiger partial charge in [-0.3, -0.25) is 24.0 Å². The molecule has 1 heterocycles. The Morgan fingerprint density at radius 3 is 1.97 bits per heavy atom. The maximum atomic E-state index is 11.9. The Morgan fingerprint density at radius 2 is 1.44 bits per heavy atom. The molecule has 5 atom stereocenters. The molecule has 12 heteroatoms. The fraction of sp³-hybridized carbons (Fsp3) is 0.500. The third-order valence-electron chi connectivity index (χ3n) is 4.52. The number of rotatable bonds is 9. The summed E-state index contributed by atoms with van der Waals surface area (Å²) in [7, 11) is 1.35. The van der Waals surface area contributed by atoms with Crippen LogP contribution in [0.25, 0.3) is 0 Å². The zero-order valence-electron chi connectivity index (χ0n) is 19.3. The quantitative estimate of drug-likeness (QED) is 0.280. The second kappa shape index (κ2) is 12.0. The fourth-order valence-corrected chi connectivity index (χ4v) is 3.26. The number of ether oxygens (including phenoxy) is 7. The van der Waals surface area contributed by atoms with E-state index < -0.39 is 54.6 Å². The van der Waals surface area contributed by atoms with E-state index in [-0.39, 0.29) is 18.1 Å². The van der Waals surface area contributed by atoms with Crippen LogP contribution < -0.4 is 9.47 Å². The molecular weight excluding hydrogens is 456 g/mol. The van der Waals surface area contributed by atoms with Crippen molar-refractivity contribution >= 4 is 30.2 Å². The van der Waals surface area contributed by atoms with Crippen molar-refractivity contribution in [3.05, 3.63) is 23.8 Å². The number of benzene rings is 1. The number of hydrogen-bond acceptors (Lipinski definition) is 12. The molecule has 1 aromatic carbocycles. The molecule has 186 valence electrons. The molecule has 1 aromatic rings. The highest BCUT2D eigenvalue weighted by Gasteiger charge is 2.53. The fourth-order valence-electron chi connectivity index (χ4n) is 3.26. The van der Waals surface area contributed by atoms with Gasteiger partial charge in [0, 0.05) is 33.3 Å². The van der Waals surface area contributed by atoms with Crippen molar-refractivity contribution in [2.24, 2.45) is 0 Å². The Bertz CT molecular complexity index is 926. The highest BCUT2D eigenvalue weighted by molar-refractivity contribution is 5.76. The molecule has 0 bridgehead atoms. The zero-order chi connectivity index (χ0) is 25.4. The molecule has 0 N–H and O–H groups in total. The number of carbonyl (C=O) groups excluding carboxylic acids is 5. The monoisotopic (exact) mass is 482 g/mol. The van der Waals surface area contributed by atoms with Crippen LogP contribution in [0, 0.1) is 0 Å². The van der Waals surface area contributed by atoms with Gasteiger partial charge in [0.15, 0.2) is 23.7 Å². The Hall–Kier alpha value is -3.67. The smallest absolute Gasteiger partial charge is 0.303 e. The first-order valence-corrected chi connectivity index (χ1v) is 10.2. The number of carbonyl (C=O) groups is 5. The van der Waals surface area contributed by atoms with Crippen LogP contribution in [0.3, 0.4) is 0 Å². The van der Waals surface area contributed by atoms with Gasteiger partial charge in [0.1, 0.15) is 19.0 Å². The van der Waals surface area contributed by atoms with Crippen LogP contribution in [-0.2, 0) is 42.9 Å². The summed E-state index contributed by atoms with van der Waals surface area (Å²) in [5.74, 6) is -2.64. The highest BCUT2D eigenvalue weighted by Crippen LogP contribution is 2.34. The van der Waals surface area contributed by atoms with Gasteiger partial charge in [0.05, 0.1) is 7.11 Å². The van der Waals surface area contributed by atoms with Gasteiger partial charge in [0.25, 0.3) is 0 Å². The van der Waals surface area contributed by atoms with Crippen LogP contribution in [0.2, 0.25) is 0 Å². The molecule has 0 amide bonds. The second-order valence-corrected chi connectivity index (χ2v) is 7.21. The molecule has 2 rings (SSSR count). The molecule has 0 aliphatic carbocycles. The van der Waals surface area contributed by atoms with Crippen LogP contribution in [0.15, 0.2) is 18.2 Å². The molecular formula is C22H26O12. The molecule has 1 aliphatic heterocycles. The van der Waals surface area contributed by atoms with Gasteiger partial charge in [-0.1, -0.05) is 0 Å². The van der Waals surface area contributed by atoms with E-state index in [4.69, 9.17) is 33.2 Å². The van der Waals surface area contributed by atoms with Crippen molar-refractivity contribution in [2.45, 2.75) is 58.4 Å². The van der Waals surface area contributed by atoms with Crippen molar-refractivity contribution in [3.8, 4) is 11.5 Å². The van der Waals surface area contributed by atoms with Gasteiger partial charge in [-0.2, -0.15) is 0 Å². The lowest BCUT2D eigenvalue weighted by atomic mass is 9.98. The highest BCUT2D eigenvalue weighted by atomic mass is 16.7. The molecule has 0 unspecified atom stereocenters. The molecule has 1 fully saturated rings. The molecule has 0 saturated carbocycles. The maximum absolute atomic E-state index is 11.9. The molecule has 1 saturated heterocycles. The average molecular weight is 482 g/mol. The minimum atomic E-state index is -1.42. The van der Waals surface area contributed by atoms with E-state index in [2.05, 4.69) is 0 Å². The van der Waals surface area contributed by atoms with Gasteiger partial charge in [-0.15, -0.1) is 0 Å². The van der Waals surface area contributed by atoms with Crippen molar-refractivity contribution in [2.75, 3.05) is 13.7 Å². The van der Waals surface area contributed by atoms with Crippen molar-refractivity contribution in [1.29, 1.82) is 0 Å². The third kappa shape index (κ3) is 7.17. The Labute approximate surface area is 195 Å². The van der Waals surface area contributed by atoms with E-state index in [1.165, 1.54) is 32.2 Å². The lowest BCUT2D eigenvalue weighted by molar-refractivity contribution is -0.288. The number of hydrogen-bond donors (Lipinski definition) is 0. The van der Waals surface area contributed by atoms with Crippen LogP contribution >= 0.6 is 0 Å². The summed E-state index contributed by atoms with van der Waals surface area (Å²) < 4.78 is 38.0. The number of methoxy groups -OCH3 is 1. The Morgan fingerprint density at radius 1 is 0.853 bits per heavy atom. The van der Waals surface area contributed by atoms with Gasteiger partial charge >= 0.3 is 23.9 Å². The summed E-state index contributed by atoms with van der Waals surface area (Å²) in [6.07, 6.45) is -6.03. The number of esters is 4. The number of aldehydes is 1. The SMILES string of the molecule is COc1cc(C=O)ccc1O[C@H]1O[C@H](COC(C)=O)[C@@H](OC(C)=O)[C@H](OC(C)=O)[C@@H]1OC(C)=O. The minimum absolute atomic E-state index is 0.106. The minimum Gasteiger partial charge on any atom is -0.493 e. The summed E-state index contributed by atoms with van der Waals surface area (Å²) in [5.41, 5.74) is 0.311. The maximum Gasteiger partial charge on any atom is 0.303 e. The normalized spacial score (nSPS) is 23.7. The van der Waals surface area contributed by atoms with E-state index in [1.807, 2.05) is 0 Å². The summed E-state index contributed by atoms with van der Waals surface area (Å²) in [4.78, 5) is 57.9. The summed E-state index contributed by atoms with van der Waals surface area (Å²) >= 11 is 0. The summed E-state index contributed by atoms with van der Waals surface area (Å²) in [6.45, 7) is 4.13. The van der Waals surface area contributed by atoms with E-state index >= 15 is 0 Å². The Balaban J connectivity index is 2.51. The van der Waals surface area contributed by atoms with E-state index in [0.717, 1.165) is 20.8 Å². The molecule has 12 nitrogen and oxygen atoms in total. The van der Waals surface area contributed by atoms with Crippen LogP contribution in [0.4, 0.5) is 0 Å². The third-order valence-corrected chi connectivity index (χ3v) is 4.52. The zero-order valence-corrected chi connectivity index (χ0v) is 19.3. The van der Waals surface area contributed by atoms with Gasteiger partial charge in [0.2, 0.25) is 12.4 Å². The van der Waals surface area contributed by atoms with Gasteiger partial charge in [-0.25, -0.2) is 0 Å². The molecule has 0 spiro atoms. The topological polar surface area (TPSA) is 150 Å². The predicted molar refractivity (Wildman–Crippen MR) is 111 cm³/mol. The average Bonchev–Trinajstić information content (AvgIpc) is 2.75. The molecule has 1 aliphatic rings.